The second-order valence-corrected chi connectivity index (χ2v) is 2.64. The monoisotopic (exact) mass is 227 g/mol. The van der Waals surface area contributed by atoms with E-state index in [0.717, 1.165) is 12.3 Å². The molecule has 0 fully saturated rings. The van der Waals surface area contributed by atoms with E-state index in [4.69, 9.17) is 11.6 Å². The van der Waals surface area contributed by atoms with Crippen molar-refractivity contribution in [1.82, 2.24) is 4.98 Å². The van der Waals surface area contributed by atoms with Crippen LogP contribution in [0.25, 0.3) is 0 Å². The van der Waals surface area contributed by atoms with Crippen LogP contribution in [0.4, 0.5) is 13.2 Å². The molecule has 0 bridgehead atoms. The summed E-state index contributed by atoms with van der Waals surface area (Å²) in [7, 11) is 0. The molecule has 0 saturated carbocycles. The van der Waals surface area contributed by atoms with E-state index in [0.29, 0.717) is 0 Å². The van der Waals surface area contributed by atoms with Crippen LogP contribution < -0.4 is 10.3 Å². The molecule has 0 unspecified atom stereocenters. The maximum absolute atomic E-state index is 11.8. The van der Waals surface area contributed by atoms with Gasteiger partial charge in [-0.05, 0) is 0 Å². The molecule has 14 heavy (non-hydrogen) atoms. The minimum Gasteiger partial charge on any atom is -0.404 e. The number of halogens is 4. The molecule has 1 heterocycles. The number of H-pyrrole nitrogens is 1. The molecular weight excluding hydrogens is 223 g/mol. The lowest BCUT2D eigenvalue weighted by atomic mass is 10.3. The van der Waals surface area contributed by atoms with Gasteiger partial charge in [-0.3, -0.25) is 4.79 Å². The Balaban J connectivity index is 3.03. The van der Waals surface area contributed by atoms with Gasteiger partial charge in [0.1, 0.15) is 5.75 Å². The molecule has 0 aliphatic carbocycles. The van der Waals surface area contributed by atoms with Crippen molar-refractivity contribution in [2.45, 2.75) is 12.2 Å². The number of rotatable bonds is 2. The highest BCUT2D eigenvalue weighted by atomic mass is 35.5. The highest BCUT2D eigenvalue weighted by Gasteiger charge is 2.32. The van der Waals surface area contributed by atoms with Gasteiger partial charge in [0.05, 0.1) is 5.88 Å². The highest BCUT2D eigenvalue weighted by molar-refractivity contribution is 6.17. The number of pyridine rings is 1. The zero-order valence-corrected chi connectivity index (χ0v) is 7.45. The lowest BCUT2D eigenvalue weighted by Gasteiger charge is -2.10. The lowest BCUT2D eigenvalue weighted by Crippen LogP contribution is -2.19. The molecule has 0 spiro atoms. The molecule has 1 aromatic heterocycles. The van der Waals surface area contributed by atoms with Gasteiger partial charge in [0.25, 0.3) is 0 Å². The van der Waals surface area contributed by atoms with Crippen molar-refractivity contribution >= 4 is 11.6 Å². The molecule has 0 amide bonds. The number of ether oxygens (including phenoxy) is 1. The number of aromatic nitrogens is 1. The summed E-state index contributed by atoms with van der Waals surface area (Å²) in [6.45, 7) is 0. The SMILES string of the molecule is O=c1cc(CCl)c(OC(F)(F)F)c[nH]1. The molecule has 1 N–H and O–H groups in total. The quantitative estimate of drug-likeness (QED) is 0.786. The number of hydrogen-bond acceptors (Lipinski definition) is 2. The van der Waals surface area contributed by atoms with Crippen molar-refractivity contribution in [3.8, 4) is 5.75 Å². The van der Waals surface area contributed by atoms with E-state index < -0.39 is 17.7 Å². The first-order chi connectivity index (χ1) is 6.42. The standard InChI is InChI=1S/C7H5ClF3NO2/c8-2-4-1-6(13)12-3-5(4)14-7(9,10)11/h1,3H,2H2,(H,12,13). The van der Waals surface area contributed by atoms with E-state index in [-0.39, 0.29) is 11.4 Å². The third kappa shape index (κ3) is 2.95. The fourth-order valence-corrected chi connectivity index (χ4v) is 1.03. The fraction of sp³-hybridized carbons (Fsp3) is 0.286. The van der Waals surface area contributed by atoms with E-state index in [1.165, 1.54) is 0 Å². The van der Waals surface area contributed by atoms with E-state index in [1.807, 2.05) is 0 Å². The van der Waals surface area contributed by atoms with Crippen LogP contribution >= 0.6 is 11.6 Å². The molecule has 1 aromatic rings. The second kappa shape index (κ2) is 3.91. The van der Waals surface area contributed by atoms with Crippen molar-refractivity contribution in [2.75, 3.05) is 0 Å². The lowest BCUT2D eigenvalue weighted by molar-refractivity contribution is -0.275. The fourth-order valence-electron chi connectivity index (χ4n) is 0.825. The Bertz CT molecular complexity index is 374. The topological polar surface area (TPSA) is 42.1 Å². The number of alkyl halides is 4. The summed E-state index contributed by atoms with van der Waals surface area (Å²) in [5.41, 5.74) is -0.539. The summed E-state index contributed by atoms with van der Waals surface area (Å²) >= 11 is 5.33. The van der Waals surface area contributed by atoms with E-state index in [9.17, 15) is 18.0 Å². The molecule has 0 aromatic carbocycles. The summed E-state index contributed by atoms with van der Waals surface area (Å²) in [6.07, 6.45) is -3.97. The zero-order valence-electron chi connectivity index (χ0n) is 6.69. The number of hydrogen-bond donors (Lipinski definition) is 1. The largest absolute Gasteiger partial charge is 0.573 e. The van der Waals surface area contributed by atoms with Crippen LogP contribution in [-0.4, -0.2) is 11.3 Å². The first-order valence-electron chi connectivity index (χ1n) is 3.45. The molecule has 1 rings (SSSR count). The Kier molecular flexibility index (Phi) is 3.05. The maximum atomic E-state index is 11.8. The van der Waals surface area contributed by atoms with Crippen LogP contribution in [0.3, 0.4) is 0 Å². The van der Waals surface area contributed by atoms with Gasteiger partial charge in [-0.2, -0.15) is 0 Å². The van der Waals surface area contributed by atoms with E-state index in [1.54, 1.807) is 0 Å². The van der Waals surface area contributed by atoms with Gasteiger partial charge in [-0.25, -0.2) is 0 Å². The molecule has 0 aliphatic heterocycles. The third-order valence-corrected chi connectivity index (χ3v) is 1.62. The maximum Gasteiger partial charge on any atom is 0.573 e. The van der Waals surface area contributed by atoms with Crippen molar-refractivity contribution < 1.29 is 17.9 Å². The van der Waals surface area contributed by atoms with Crippen molar-refractivity contribution in [2.24, 2.45) is 0 Å². The molecule has 7 heteroatoms. The first kappa shape index (κ1) is 10.9. The van der Waals surface area contributed by atoms with Crippen LogP contribution in [0, 0.1) is 0 Å². The predicted molar refractivity (Wildman–Crippen MR) is 43.3 cm³/mol. The number of aromatic amines is 1. The zero-order chi connectivity index (χ0) is 10.8. The molecule has 0 aliphatic rings. The summed E-state index contributed by atoms with van der Waals surface area (Å²) < 4.78 is 39.0. The van der Waals surface area contributed by atoms with E-state index in [2.05, 4.69) is 9.72 Å². The van der Waals surface area contributed by atoms with E-state index >= 15 is 0 Å². The van der Waals surface area contributed by atoms with Gasteiger partial charge in [-0.15, -0.1) is 24.8 Å². The van der Waals surface area contributed by atoms with Crippen molar-refractivity contribution in [3.05, 3.63) is 28.2 Å². The average Bonchev–Trinajstić information content (AvgIpc) is 2.06. The minimum absolute atomic E-state index is 0.00672. The van der Waals surface area contributed by atoms with Gasteiger partial charge in [-0.1, -0.05) is 0 Å². The van der Waals surface area contributed by atoms with Crippen molar-refractivity contribution in [3.63, 3.8) is 0 Å². The van der Waals surface area contributed by atoms with Crippen LogP contribution in [0.2, 0.25) is 0 Å². The summed E-state index contributed by atoms with van der Waals surface area (Å²) in [6, 6.07) is 0.952. The molecular formula is C7H5ClF3NO2. The predicted octanol–water partition coefficient (Wildman–Crippen LogP) is 2.01. The minimum atomic E-state index is -4.79. The van der Waals surface area contributed by atoms with Crippen LogP contribution in [0.1, 0.15) is 5.56 Å². The Hall–Kier alpha value is -1.17. The highest BCUT2D eigenvalue weighted by Crippen LogP contribution is 2.25. The van der Waals surface area contributed by atoms with Crippen LogP contribution in [0.15, 0.2) is 17.1 Å². The Labute approximate surface area is 81.5 Å². The third-order valence-electron chi connectivity index (χ3n) is 1.34. The summed E-state index contributed by atoms with van der Waals surface area (Å²) in [5, 5.41) is 0. The van der Waals surface area contributed by atoms with Gasteiger partial charge < -0.3 is 9.72 Å². The smallest absolute Gasteiger partial charge is 0.404 e. The Morgan fingerprint density at radius 1 is 1.50 bits per heavy atom. The normalized spacial score (nSPS) is 11.4. The van der Waals surface area contributed by atoms with Gasteiger partial charge in [0.2, 0.25) is 5.56 Å². The molecule has 3 nitrogen and oxygen atoms in total. The Morgan fingerprint density at radius 3 is 2.64 bits per heavy atom. The van der Waals surface area contributed by atoms with Gasteiger partial charge in [0.15, 0.2) is 0 Å². The van der Waals surface area contributed by atoms with Crippen LogP contribution in [-0.2, 0) is 5.88 Å². The molecule has 78 valence electrons. The molecule has 0 atom stereocenters. The summed E-state index contributed by atoms with van der Waals surface area (Å²) in [4.78, 5) is 12.8. The average molecular weight is 228 g/mol. The number of nitrogens with one attached hydrogen (secondary N) is 1. The van der Waals surface area contributed by atoms with Gasteiger partial charge in [0, 0.05) is 17.8 Å². The van der Waals surface area contributed by atoms with Gasteiger partial charge >= 0.3 is 6.36 Å². The first-order valence-corrected chi connectivity index (χ1v) is 3.99. The molecule has 0 saturated heterocycles. The second-order valence-electron chi connectivity index (χ2n) is 2.37. The Morgan fingerprint density at radius 2 is 2.14 bits per heavy atom. The summed E-state index contributed by atoms with van der Waals surface area (Å²) in [5.74, 6) is -0.720. The van der Waals surface area contributed by atoms with Crippen LogP contribution in [0.5, 0.6) is 5.75 Å². The van der Waals surface area contributed by atoms with Crippen molar-refractivity contribution in [1.29, 1.82) is 0 Å². The molecule has 0 radical (unpaired) electrons.